The van der Waals surface area contributed by atoms with Gasteiger partial charge in [0, 0.05) is 28.9 Å². The van der Waals surface area contributed by atoms with Gasteiger partial charge in [0.1, 0.15) is 5.82 Å². The lowest BCUT2D eigenvalue weighted by Gasteiger charge is -2.13. The molecule has 0 fully saturated rings. The molecule has 2 unspecified atom stereocenters. The summed E-state index contributed by atoms with van der Waals surface area (Å²) in [6.07, 6.45) is 2.52. The molecule has 0 amide bonds. The van der Waals surface area contributed by atoms with Gasteiger partial charge in [-0.2, -0.15) is 0 Å². The molecule has 4 nitrogen and oxygen atoms in total. The molecule has 0 N–H and O–H groups in total. The van der Waals surface area contributed by atoms with Crippen molar-refractivity contribution in [3.63, 3.8) is 0 Å². The number of hydrogen-bond donors (Lipinski definition) is 0. The lowest BCUT2D eigenvalue weighted by molar-refractivity contribution is 0.519. The molecule has 0 spiro atoms. The molecule has 1 heterocycles. The normalized spacial score (nSPS) is 15.4. The molecule has 0 aromatic carbocycles. The molecule has 0 bridgehead atoms. The van der Waals surface area contributed by atoms with Crippen molar-refractivity contribution in [2.75, 3.05) is 12.0 Å². The maximum absolute atomic E-state index is 10.9. The van der Waals surface area contributed by atoms with Crippen molar-refractivity contribution in [2.45, 2.75) is 26.3 Å². The Hall–Kier alpha value is -0.420. The standard InChI is InChI=1S/C8H14ClN3OS/c1-6(4-5-14(3)13)12-7(2)10-11-8(12)9/h6H,4-5H2,1-3H3. The second kappa shape index (κ2) is 4.89. The van der Waals surface area contributed by atoms with E-state index >= 15 is 0 Å². The van der Waals surface area contributed by atoms with Gasteiger partial charge in [0.15, 0.2) is 0 Å². The summed E-state index contributed by atoms with van der Waals surface area (Å²) in [5.74, 6) is 1.47. The third kappa shape index (κ3) is 2.78. The van der Waals surface area contributed by atoms with Gasteiger partial charge in [0.05, 0.1) is 0 Å². The summed E-state index contributed by atoms with van der Waals surface area (Å²) in [6.45, 7) is 3.88. The van der Waals surface area contributed by atoms with Crippen molar-refractivity contribution in [3.05, 3.63) is 11.1 Å². The summed E-state index contributed by atoms with van der Waals surface area (Å²) in [4.78, 5) is 0. The van der Waals surface area contributed by atoms with Crippen molar-refractivity contribution in [1.29, 1.82) is 0 Å². The van der Waals surface area contributed by atoms with Gasteiger partial charge in [-0.25, -0.2) is 0 Å². The first kappa shape index (κ1) is 11.7. The monoisotopic (exact) mass is 235 g/mol. The molecule has 0 aliphatic rings. The largest absolute Gasteiger partial charge is 0.299 e. The van der Waals surface area contributed by atoms with E-state index < -0.39 is 10.8 Å². The van der Waals surface area contributed by atoms with Crippen LogP contribution < -0.4 is 0 Å². The maximum Gasteiger partial charge on any atom is 0.225 e. The minimum Gasteiger partial charge on any atom is -0.299 e. The quantitative estimate of drug-likeness (QED) is 0.796. The van der Waals surface area contributed by atoms with Gasteiger partial charge in [-0.1, -0.05) is 0 Å². The lowest BCUT2D eigenvalue weighted by atomic mass is 10.2. The summed E-state index contributed by atoms with van der Waals surface area (Å²) in [6, 6.07) is 0.196. The highest BCUT2D eigenvalue weighted by Gasteiger charge is 2.13. The second-order valence-electron chi connectivity index (χ2n) is 3.30. The average Bonchev–Trinajstić information content (AvgIpc) is 2.42. The number of hydrogen-bond acceptors (Lipinski definition) is 3. The Kier molecular flexibility index (Phi) is 4.07. The van der Waals surface area contributed by atoms with Crippen LogP contribution in [-0.4, -0.2) is 31.0 Å². The summed E-state index contributed by atoms with van der Waals surface area (Å²) < 4.78 is 12.8. The van der Waals surface area contributed by atoms with Crippen molar-refractivity contribution in [2.24, 2.45) is 0 Å². The Labute approximate surface area is 91.1 Å². The van der Waals surface area contributed by atoms with Crippen LogP contribution in [0, 0.1) is 6.92 Å². The van der Waals surface area contributed by atoms with Crippen LogP contribution in [0.15, 0.2) is 0 Å². The van der Waals surface area contributed by atoms with Crippen molar-refractivity contribution >= 4 is 22.4 Å². The molecule has 0 aliphatic carbocycles. The van der Waals surface area contributed by atoms with Gasteiger partial charge in [-0.3, -0.25) is 8.78 Å². The van der Waals surface area contributed by atoms with Crippen LogP contribution in [0.25, 0.3) is 0 Å². The fourth-order valence-electron chi connectivity index (χ4n) is 1.31. The zero-order chi connectivity index (χ0) is 10.7. The molecular weight excluding hydrogens is 222 g/mol. The van der Waals surface area contributed by atoms with Crippen LogP contribution in [0.4, 0.5) is 0 Å². The van der Waals surface area contributed by atoms with Crippen LogP contribution in [0.2, 0.25) is 5.28 Å². The molecule has 1 rings (SSSR count). The van der Waals surface area contributed by atoms with E-state index in [1.54, 1.807) is 6.26 Å². The topological polar surface area (TPSA) is 47.8 Å². The van der Waals surface area contributed by atoms with E-state index in [1.807, 2.05) is 18.4 Å². The van der Waals surface area contributed by atoms with Gasteiger partial charge < -0.3 is 0 Å². The maximum atomic E-state index is 10.9. The van der Waals surface area contributed by atoms with Crippen LogP contribution >= 0.6 is 11.6 Å². The van der Waals surface area contributed by atoms with E-state index in [0.717, 1.165) is 12.2 Å². The highest BCUT2D eigenvalue weighted by Crippen LogP contribution is 2.18. The van der Waals surface area contributed by atoms with E-state index in [2.05, 4.69) is 10.2 Å². The lowest BCUT2D eigenvalue weighted by Crippen LogP contribution is -2.10. The Morgan fingerprint density at radius 2 is 2.21 bits per heavy atom. The molecule has 0 saturated carbocycles. The summed E-state index contributed by atoms with van der Waals surface area (Å²) in [5.41, 5.74) is 0. The van der Waals surface area contributed by atoms with Gasteiger partial charge in [0.2, 0.25) is 5.28 Å². The SMILES string of the molecule is Cc1nnc(Cl)n1C(C)CCS(C)=O. The third-order valence-electron chi connectivity index (χ3n) is 2.09. The number of nitrogens with zero attached hydrogens (tertiary/aromatic N) is 3. The first-order chi connectivity index (χ1) is 6.52. The van der Waals surface area contributed by atoms with E-state index in [1.165, 1.54) is 0 Å². The van der Waals surface area contributed by atoms with Crippen LogP contribution in [-0.2, 0) is 10.8 Å². The Balaban J connectivity index is 2.69. The van der Waals surface area contributed by atoms with Crippen LogP contribution in [0.5, 0.6) is 0 Å². The average molecular weight is 236 g/mol. The highest BCUT2D eigenvalue weighted by atomic mass is 35.5. The molecule has 0 aliphatic heterocycles. The summed E-state index contributed by atoms with van der Waals surface area (Å²) >= 11 is 5.87. The minimum atomic E-state index is -0.758. The molecule has 6 heteroatoms. The van der Waals surface area contributed by atoms with Crippen molar-refractivity contribution in [3.8, 4) is 0 Å². The summed E-state index contributed by atoms with van der Waals surface area (Å²) in [5, 5.41) is 8.04. The second-order valence-corrected chi connectivity index (χ2v) is 5.19. The predicted octanol–water partition coefficient (Wildman–Crippen LogP) is 1.57. The predicted molar refractivity (Wildman–Crippen MR) is 58.0 cm³/mol. The van der Waals surface area contributed by atoms with Gasteiger partial charge in [0.25, 0.3) is 0 Å². The minimum absolute atomic E-state index is 0.196. The fraction of sp³-hybridized carbons (Fsp3) is 0.750. The van der Waals surface area contributed by atoms with Crippen molar-refractivity contribution < 1.29 is 4.21 Å². The zero-order valence-electron chi connectivity index (χ0n) is 8.53. The van der Waals surface area contributed by atoms with Gasteiger partial charge in [-0.05, 0) is 31.9 Å². The first-order valence-corrected chi connectivity index (χ1v) is 6.50. The first-order valence-electron chi connectivity index (χ1n) is 4.39. The van der Waals surface area contributed by atoms with Crippen LogP contribution in [0.1, 0.15) is 25.2 Å². The molecule has 1 aromatic rings. The number of halogens is 1. The molecule has 0 radical (unpaired) electrons. The third-order valence-corrected chi connectivity index (χ3v) is 3.16. The fourth-order valence-corrected chi connectivity index (χ4v) is 2.31. The highest BCUT2D eigenvalue weighted by molar-refractivity contribution is 7.84. The van der Waals surface area contributed by atoms with Crippen molar-refractivity contribution in [1.82, 2.24) is 14.8 Å². The molecule has 1 aromatic heterocycles. The van der Waals surface area contributed by atoms with E-state index in [9.17, 15) is 4.21 Å². The molecule has 14 heavy (non-hydrogen) atoms. The number of aryl methyl sites for hydroxylation is 1. The smallest absolute Gasteiger partial charge is 0.225 e. The number of aromatic nitrogens is 3. The molecule has 2 atom stereocenters. The number of rotatable bonds is 4. The molecule has 80 valence electrons. The van der Waals surface area contributed by atoms with Crippen LogP contribution in [0.3, 0.4) is 0 Å². The van der Waals surface area contributed by atoms with E-state index in [-0.39, 0.29) is 6.04 Å². The Bertz CT molecular complexity index is 320. The Morgan fingerprint density at radius 1 is 1.57 bits per heavy atom. The van der Waals surface area contributed by atoms with E-state index in [4.69, 9.17) is 11.6 Å². The zero-order valence-corrected chi connectivity index (χ0v) is 10.1. The Morgan fingerprint density at radius 3 is 2.64 bits per heavy atom. The molecule has 0 saturated heterocycles. The summed E-state index contributed by atoms with van der Waals surface area (Å²) in [7, 11) is -0.758. The molecular formula is C8H14ClN3OS. The van der Waals surface area contributed by atoms with E-state index in [0.29, 0.717) is 11.0 Å². The van der Waals surface area contributed by atoms with Gasteiger partial charge >= 0.3 is 0 Å². The van der Waals surface area contributed by atoms with Gasteiger partial charge in [-0.15, -0.1) is 10.2 Å².